The van der Waals surface area contributed by atoms with Crippen molar-refractivity contribution >= 4 is 0 Å². The predicted octanol–water partition coefficient (Wildman–Crippen LogP) is 4.13. The van der Waals surface area contributed by atoms with Gasteiger partial charge in [0.15, 0.2) is 0 Å². The summed E-state index contributed by atoms with van der Waals surface area (Å²) in [4.78, 5) is 0. The molecule has 0 bridgehead atoms. The minimum atomic E-state index is 0.676. The van der Waals surface area contributed by atoms with Gasteiger partial charge in [0, 0.05) is 12.0 Å². The minimum absolute atomic E-state index is 0.676. The molecule has 1 aromatic carbocycles. The lowest BCUT2D eigenvalue weighted by atomic mass is 9.71. The summed E-state index contributed by atoms with van der Waals surface area (Å²) in [6.07, 6.45) is 5.10. The zero-order valence-electron chi connectivity index (χ0n) is 12.1. The van der Waals surface area contributed by atoms with Crippen LogP contribution in [0.3, 0.4) is 0 Å². The van der Waals surface area contributed by atoms with Crippen LogP contribution in [0.1, 0.15) is 57.1 Å². The first kappa shape index (κ1) is 13.6. The topological polar surface area (TPSA) is 12.0 Å². The van der Waals surface area contributed by atoms with Gasteiger partial charge in [0.05, 0.1) is 0 Å². The van der Waals surface area contributed by atoms with Crippen molar-refractivity contribution in [3.63, 3.8) is 0 Å². The summed E-state index contributed by atoms with van der Waals surface area (Å²) in [6, 6.07) is 9.63. The quantitative estimate of drug-likeness (QED) is 0.761. The Kier molecular flexibility index (Phi) is 4.82. The molecular weight excluding hydrogens is 218 g/mol. The van der Waals surface area contributed by atoms with Gasteiger partial charge in [-0.15, -0.1) is 0 Å². The Morgan fingerprint density at radius 2 is 2.06 bits per heavy atom. The molecule has 1 nitrogen and oxygen atoms in total. The Balaban J connectivity index is 2.02. The normalized spacial score (nSPS) is 20.9. The smallest absolute Gasteiger partial charge is 0.0142 e. The van der Waals surface area contributed by atoms with Crippen LogP contribution in [0.2, 0.25) is 0 Å². The lowest BCUT2D eigenvalue weighted by molar-refractivity contribution is 0.328. The first-order valence-corrected chi connectivity index (χ1v) is 7.57. The van der Waals surface area contributed by atoms with E-state index in [0.29, 0.717) is 6.04 Å². The van der Waals surface area contributed by atoms with Gasteiger partial charge in [0.1, 0.15) is 0 Å². The van der Waals surface area contributed by atoms with Crippen molar-refractivity contribution in [3.8, 4) is 0 Å². The van der Waals surface area contributed by atoms with Crippen molar-refractivity contribution in [3.05, 3.63) is 35.4 Å². The predicted molar refractivity (Wildman–Crippen MR) is 79.0 cm³/mol. The van der Waals surface area contributed by atoms with E-state index in [9.17, 15) is 0 Å². The monoisotopic (exact) mass is 245 g/mol. The van der Waals surface area contributed by atoms with Crippen molar-refractivity contribution in [2.75, 3.05) is 6.54 Å². The van der Waals surface area contributed by atoms with Gasteiger partial charge in [-0.25, -0.2) is 0 Å². The summed E-state index contributed by atoms with van der Waals surface area (Å²) in [5.41, 5.74) is 3.16. The van der Waals surface area contributed by atoms with E-state index in [2.05, 4.69) is 50.4 Å². The summed E-state index contributed by atoms with van der Waals surface area (Å²) in [7, 11) is 0. The van der Waals surface area contributed by atoms with Gasteiger partial charge in [-0.05, 0) is 42.9 Å². The van der Waals surface area contributed by atoms with Crippen LogP contribution < -0.4 is 5.32 Å². The molecule has 0 fully saturated rings. The van der Waals surface area contributed by atoms with E-state index >= 15 is 0 Å². The maximum atomic E-state index is 3.78. The summed E-state index contributed by atoms with van der Waals surface area (Å²) in [6.45, 7) is 8.09. The number of hydrogen-bond acceptors (Lipinski definition) is 1. The number of fused-ring (bicyclic) bond motifs is 1. The van der Waals surface area contributed by atoms with Gasteiger partial charge in [-0.3, -0.25) is 0 Å². The zero-order valence-corrected chi connectivity index (χ0v) is 12.1. The maximum absolute atomic E-state index is 3.78. The fraction of sp³-hybridized carbons (Fsp3) is 0.647. The summed E-state index contributed by atoms with van der Waals surface area (Å²) in [5.74, 6) is 1.58. The van der Waals surface area contributed by atoms with Crippen LogP contribution in [0.15, 0.2) is 24.3 Å². The number of rotatable bonds is 7. The lowest BCUT2D eigenvalue weighted by Crippen LogP contribution is -2.41. The number of hydrogen-bond donors (Lipinski definition) is 1. The van der Waals surface area contributed by atoms with Gasteiger partial charge in [-0.2, -0.15) is 0 Å². The second-order valence-electron chi connectivity index (χ2n) is 5.82. The van der Waals surface area contributed by atoms with Crippen LogP contribution in [-0.2, 0) is 6.42 Å². The molecule has 0 spiro atoms. The molecule has 18 heavy (non-hydrogen) atoms. The summed E-state index contributed by atoms with van der Waals surface area (Å²) < 4.78 is 0. The molecule has 3 unspecified atom stereocenters. The average Bonchev–Trinajstić information content (AvgIpc) is 2.36. The lowest BCUT2D eigenvalue weighted by Gasteiger charge is -2.38. The molecule has 0 aliphatic heterocycles. The molecule has 0 aromatic heterocycles. The third kappa shape index (κ3) is 2.95. The average molecular weight is 245 g/mol. The largest absolute Gasteiger partial charge is 0.313 e. The third-order valence-electron chi connectivity index (χ3n) is 4.39. The van der Waals surface area contributed by atoms with E-state index in [1.54, 1.807) is 11.1 Å². The Morgan fingerprint density at radius 1 is 1.28 bits per heavy atom. The van der Waals surface area contributed by atoms with Crippen LogP contribution in [0.25, 0.3) is 0 Å². The Labute approximate surface area is 112 Å². The van der Waals surface area contributed by atoms with Crippen molar-refractivity contribution in [2.45, 2.75) is 58.4 Å². The first-order chi connectivity index (χ1) is 8.76. The van der Waals surface area contributed by atoms with Crippen LogP contribution in [-0.4, -0.2) is 12.6 Å². The highest BCUT2D eigenvalue weighted by Crippen LogP contribution is 2.39. The first-order valence-electron chi connectivity index (χ1n) is 7.57. The van der Waals surface area contributed by atoms with E-state index in [1.807, 2.05) is 0 Å². The molecule has 1 N–H and O–H groups in total. The molecule has 1 heteroatoms. The second kappa shape index (κ2) is 6.38. The molecule has 1 aromatic rings. The van der Waals surface area contributed by atoms with E-state index in [0.717, 1.165) is 18.4 Å². The molecule has 3 atom stereocenters. The van der Waals surface area contributed by atoms with Crippen molar-refractivity contribution in [2.24, 2.45) is 5.92 Å². The molecule has 0 amide bonds. The molecule has 0 heterocycles. The molecule has 1 aliphatic rings. The van der Waals surface area contributed by atoms with Gasteiger partial charge in [0.25, 0.3) is 0 Å². The fourth-order valence-corrected chi connectivity index (χ4v) is 2.98. The van der Waals surface area contributed by atoms with Gasteiger partial charge in [0.2, 0.25) is 0 Å². The highest BCUT2D eigenvalue weighted by molar-refractivity contribution is 5.41. The minimum Gasteiger partial charge on any atom is -0.313 e. The molecule has 0 radical (unpaired) electrons. The van der Waals surface area contributed by atoms with Crippen molar-refractivity contribution < 1.29 is 0 Å². The van der Waals surface area contributed by atoms with E-state index in [1.165, 1.54) is 25.7 Å². The standard InChI is InChI=1S/C17H27N/c1-4-10-18-17(11-13(3)5-2)16-12-14-8-6-7-9-15(14)16/h6-9,13,16-18H,4-5,10-12H2,1-3H3. The Bertz CT molecular complexity index is 372. The van der Waals surface area contributed by atoms with Gasteiger partial charge in [-0.1, -0.05) is 51.5 Å². The van der Waals surface area contributed by atoms with E-state index in [4.69, 9.17) is 0 Å². The molecular formula is C17H27N. The Morgan fingerprint density at radius 3 is 2.72 bits per heavy atom. The molecule has 100 valence electrons. The number of nitrogens with one attached hydrogen (secondary N) is 1. The summed E-state index contributed by atoms with van der Waals surface area (Å²) in [5, 5.41) is 3.78. The molecule has 1 aliphatic carbocycles. The molecule has 2 rings (SSSR count). The van der Waals surface area contributed by atoms with Crippen LogP contribution in [0, 0.1) is 5.92 Å². The van der Waals surface area contributed by atoms with E-state index < -0.39 is 0 Å². The fourth-order valence-electron chi connectivity index (χ4n) is 2.98. The van der Waals surface area contributed by atoms with Crippen LogP contribution in [0.5, 0.6) is 0 Å². The van der Waals surface area contributed by atoms with Gasteiger partial charge < -0.3 is 5.32 Å². The second-order valence-corrected chi connectivity index (χ2v) is 5.82. The van der Waals surface area contributed by atoms with Crippen LogP contribution >= 0.6 is 0 Å². The van der Waals surface area contributed by atoms with Crippen molar-refractivity contribution in [1.29, 1.82) is 0 Å². The molecule has 0 saturated carbocycles. The molecule has 0 saturated heterocycles. The van der Waals surface area contributed by atoms with Gasteiger partial charge >= 0.3 is 0 Å². The third-order valence-corrected chi connectivity index (χ3v) is 4.39. The highest BCUT2D eigenvalue weighted by atomic mass is 14.9. The Hall–Kier alpha value is -0.820. The van der Waals surface area contributed by atoms with Crippen molar-refractivity contribution in [1.82, 2.24) is 5.32 Å². The summed E-state index contributed by atoms with van der Waals surface area (Å²) >= 11 is 0. The zero-order chi connectivity index (χ0) is 13.0. The SMILES string of the molecule is CCCNC(CC(C)CC)C1Cc2ccccc21. The number of benzene rings is 1. The van der Waals surface area contributed by atoms with Crippen LogP contribution in [0.4, 0.5) is 0 Å². The van der Waals surface area contributed by atoms with E-state index in [-0.39, 0.29) is 0 Å². The highest BCUT2D eigenvalue weighted by Gasteiger charge is 2.32. The maximum Gasteiger partial charge on any atom is 0.0142 e.